The van der Waals surface area contributed by atoms with E-state index in [0.29, 0.717) is 27.5 Å². The lowest BCUT2D eigenvalue weighted by molar-refractivity contribution is -0.115. The number of carbonyl (C=O) groups excluding carboxylic acids is 2. The first-order valence-corrected chi connectivity index (χ1v) is 14.8. The van der Waals surface area contributed by atoms with Crippen LogP contribution < -0.4 is 5.32 Å². The minimum absolute atomic E-state index is 0.135. The molecule has 2 aromatic heterocycles. The van der Waals surface area contributed by atoms with Gasteiger partial charge in [0.15, 0.2) is 5.78 Å². The molecule has 0 fully saturated rings. The van der Waals surface area contributed by atoms with Gasteiger partial charge in [0.25, 0.3) is 0 Å². The number of thioether (sulfide) groups is 1. The summed E-state index contributed by atoms with van der Waals surface area (Å²) in [5, 5.41) is 14.6. The van der Waals surface area contributed by atoms with E-state index >= 15 is 0 Å². The van der Waals surface area contributed by atoms with E-state index < -0.39 is 11.1 Å². The molecule has 0 saturated carbocycles. The first kappa shape index (κ1) is 28.7. The van der Waals surface area contributed by atoms with Gasteiger partial charge in [-0.25, -0.2) is 9.37 Å². The number of ketones is 1. The highest BCUT2D eigenvalue weighted by molar-refractivity contribution is 8.00. The quantitative estimate of drug-likeness (QED) is 0.106. The van der Waals surface area contributed by atoms with Crippen molar-refractivity contribution in [3.8, 4) is 28.5 Å². The number of benzene rings is 3. The Hall–Kier alpha value is -4.84. The summed E-state index contributed by atoms with van der Waals surface area (Å²) < 4.78 is 14.9. The molecule has 0 bridgehead atoms. The van der Waals surface area contributed by atoms with E-state index in [-0.39, 0.29) is 22.8 Å². The zero-order valence-electron chi connectivity index (χ0n) is 22.5. The van der Waals surface area contributed by atoms with Gasteiger partial charge in [0.1, 0.15) is 16.9 Å². The summed E-state index contributed by atoms with van der Waals surface area (Å²) >= 11 is 2.68. The van der Waals surface area contributed by atoms with Crippen molar-refractivity contribution >= 4 is 46.6 Å². The van der Waals surface area contributed by atoms with E-state index in [1.54, 1.807) is 72.9 Å². The van der Waals surface area contributed by atoms with Crippen molar-refractivity contribution in [2.45, 2.75) is 17.2 Å². The first-order chi connectivity index (χ1) is 20.4. The fourth-order valence-corrected chi connectivity index (χ4v) is 5.73. The van der Waals surface area contributed by atoms with Crippen LogP contribution >= 0.6 is 23.1 Å². The topological polar surface area (TPSA) is 82.8 Å². The molecule has 206 valence electrons. The highest BCUT2D eigenvalue weighted by Gasteiger charge is 2.22. The molecule has 1 N–H and O–H groups in total. The van der Waals surface area contributed by atoms with Gasteiger partial charge in [-0.1, -0.05) is 66.4 Å². The molecule has 5 nitrogen and oxygen atoms in total. The van der Waals surface area contributed by atoms with Gasteiger partial charge in [-0.3, -0.25) is 9.59 Å². The third-order valence-corrected chi connectivity index (χ3v) is 8.29. The van der Waals surface area contributed by atoms with Gasteiger partial charge in [0.2, 0.25) is 5.91 Å². The molecule has 0 aliphatic rings. The van der Waals surface area contributed by atoms with Gasteiger partial charge in [-0.05, 0) is 66.9 Å². The fraction of sp³-hybridized carbons (Fsp3) is 0.0588. The van der Waals surface area contributed by atoms with Crippen LogP contribution in [0, 0.1) is 17.1 Å². The number of hydrogen-bond acceptors (Lipinski definition) is 6. The molecule has 0 radical (unpaired) electrons. The Balaban J connectivity index is 1.37. The predicted octanol–water partition coefficient (Wildman–Crippen LogP) is 8.50. The van der Waals surface area contributed by atoms with Crippen LogP contribution in [-0.4, -0.2) is 21.9 Å². The summed E-state index contributed by atoms with van der Waals surface area (Å²) in [7, 11) is 0. The molecule has 0 saturated heterocycles. The van der Waals surface area contributed by atoms with Crippen LogP contribution in [0.25, 0.3) is 28.5 Å². The van der Waals surface area contributed by atoms with Gasteiger partial charge in [0.05, 0.1) is 16.5 Å². The molecule has 1 atom stereocenters. The Morgan fingerprint density at radius 1 is 0.976 bits per heavy atom. The van der Waals surface area contributed by atoms with Gasteiger partial charge in [-0.15, -0.1) is 11.3 Å². The second-order valence-corrected chi connectivity index (χ2v) is 11.5. The highest BCUT2D eigenvalue weighted by atomic mass is 32.2. The molecule has 0 aliphatic carbocycles. The van der Waals surface area contributed by atoms with E-state index in [0.717, 1.165) is 22.2 Å². The van der Waals surface area contributed by atoms with Crippen LogP contribution in [0.1, 0.15) is 27.7 Å². The lowest BCUT2D eigenvalue weighted by atomic mass is 9.99. The lowest BCUT2D eigenvalue weighted by Gasteiger charge is -2.16. The van der Waals surface area contributed by atoms with Crippen molar-refractivity contribution in [3.05, 3.63) is 130 Å². The van der Waals surface area contributed by atoms with E-state index in [2.05, 4.69) is 11.4 Å². The lowest BCUT2D eigenvalue weighted by Crippen LogP contribution is -2.22. The number of pyridine rings is 1. The van der Waals surface area contributed by atoms with Crippen LogP contribution in [0.4, 0.5) is 10.1 Å². The highest BCUT2D eigenvalue weighted by Crippen LogP contribution is 2.36. The number of aromatic nitrogens is 1. The standard InChI is InChI=1S/C34H24FN3O2S2/c1-22(33(40)37-25-15-13-24(14-16-25)32(39)18-17-26-10-7-19-41-26)42-34-29(21-36)28(27-11-5-6-12-30(27)35)20-31(38-34)23-8-3-2-4-9-23/h2-20,22H,1H3,(H,37,40). The van der Waals surface area contributed by atoms with E-state index in [9.17, 15) is 19.2 Å². The maximum atomic E-state index is 14.9. The summed E-state index contributed by atoms with van der Waals surface area (Å²) in [6.07, 6.45) is 3.30. The number of rotatable bonds is 9. The molecule has 1 unspecified atom stereocenters. The number of thiophene rings is 1. The van der Waals surface area contributed by atoms with E-state index in [1.165, 1.54) is 12.1 Å². The number of nitrogens with zero attached hydrogens (tertiary/aromatic N) is 2. The number of nitriles is 1. The van der Waals surface area contributed by atoms with Crippen molar-refractivity contribution in [2.75, 3.05) is 5.32 Å². The van der Waals surface area contributed by atoms with Gasteiger partial charge >= 0.3 is 0 Å². The Morgan fingerprint density at radius 2 is 1.71 bits per heavy atom. The summed E-state index contributed by atoms with van der Waals surface area (Å²) in [4.78, 5) is 31.4. The molecule has 3 aromatic carbocycles. The zero-order chi connectivity index (χ0) is 29.5. The average Bonchev–Trinajstić information content (AvgIpc) is 3.54. The molecular weight excluding hydrogens is 566 g/mol. The fourth-order valence-electron chi connectivity index (χ4n) is 4.19. The van der Waals surface area contributed by atoms with E-state index in [4.69, 9.17) is 4.98 Å². The summed E-state index contributed by atoms with van der Waals surface area (Å²) in [5.74, 6) is -0.894. The van der Waals surface area contributed by atoms with Crippen molar-refractivity contribution in [3.63, 3.8) is 0 Å². The number of allylic oxidation sites excluding steroid dienone is 1. The van der Waals surface area contributed by atoms with Gasteiger partial charge in [-0.2, -0.15) is 5.26 Å². The molecule has 0 aliphatic heterocycles. The molecule has 0 spiro atoms. The van der Waals surface area contributed by atoms with Crippen LogP contribution in [0.3, 0.4) is 0 Å². The molecule has 8 heteroatoms. The minimum atomic E-state index is -0.640. The molecule has 1 amide bonds. The Morgan fingerprint density at radius 3 is 2.40 bits per heavy atom. The van der Waals surface area contributed by atoms with Crippen LogP contribution in [0.5, 0.6) is 0 Å². The van der Waals surface area contributed by atoms with Crippen molar-refractivity contribution in [2.24, 2.45) is 0 Å². The third-order valence-electron chi connectivity index (χ3n) is 6.37. The zero-order valence-corrected chi connectivity index (χ0v) is 24.1. The van der Waals surface area contributed by atoms with Gasteiger partial charge < -0.3 is 5.32 Å². The number of halogens is 1. The number of nitrogens with one attached hydrogen (secondary N) is 1. The molecule has 2 heterocycles. The number of anilines is 1. The summed E-state index contributed by atoms with van der Waals surface area (Å²) in [5.41, 5.74) is 3.30. The monoisotopic (exact) mass is 589 g/mol. The maximum absolute atomic E-state index is 14.9. The number of hydrogen-bond donors (Lipinski definition) is 1. The summed E-state index contributed by atoms with van der Waals surface area (Å²) in [6.45, 7) is 1.72. The molecule has 5 rings (SSSR count). The van der Waals surface area contributed by atoms with Crippen molar-refractivity contribution < 1.29 is 14.0 Å². The van der Waals surface area contributed by atoms with Crippen molar-refractivity contribution in [1.29, 1.82) is 5.26 Å². The molecular formula is C34H24FN3O2S2. The average molecular weight is 590 g/mol. The Kier molecular flexibility index (Phi) is 9.02. The normalized spacial score (nSPS) is 11.6. The van der Waals surface area contributed by atoms with Gasteiger partial charge in [0, 0.05) is 32.8 Å². The summed E-state index contributed by atoms with van der Waals surface area (Å²) in [6, 6.07) is 30.1. The maximum Gasteiger partial charge on any atom is 0.237 e. The smallest absolute Gasteiger partial charge is 0.237 e. The SMILES string of the molecule is CC(Sc1nc(-c2ccccc2)cc(-c2ccccc2F)c1C#N)C(=O)Nc1ccc(C(=O)C=Cc2cccs2)cc1. The molecule has 5 aromatic rings. The second kappa shape index (κ2) is 13.2. The largest absolute Gasteiger partial charge is 0.325 e. The first-order valence-electron chi connectivity index (χ1n) is 13.0. The van der Waals surface area contributed by atoms with Crippen LogP contribution in [0.15, 0.2) is 114 Å². The Bertz CT molecular complexity index is 1800. The Labute approximate surface area is 251 Å². The van der Waals surface area contributed by atoms with Crippen molar-refractivity contribution in [1.82, 2.24) is 4.98 Å². The second-order valence-electron chi connectivity index (χ2n) is 9.23. The molecule has 42 heavy (non-hydrogen) atoms. The van der Waals surface area contributed by atoms with Crippen LogP contribution in [0.2, 0.25) is 0 Å². The van der Waals surface area contributed by atoms with Crippen LogP contribution in [-0.2, 0) is 4.79 Å². The number of carbonyl (C=O) groups is 2. The van der Waals surface area contributed by atoms with E-state index in [1.807, 2.05) is 47.8 Å². The predicted molar refractivity (Wildman–Crippen MR) is 168 cm³/mol. The third kappa shape index (κ3) is 6.72. The number of amides is 1. The minimum Gasteiger partial charge on any atom is -0.325 e.